The van der Waals surface area contributed by atoms with Crippen LogP contribution in [0.3, 0.4) is 0 Å². The van der Waals surface area contributed by atoms with E-state index in [1.54, 1.807) is 4.90 Å². The third-order valence-electron chi connectivity index (χ3n) is 2.77. The molecule has 22 heavy (non-hydrogen) atoms. The SMILES string of the molecule is C=C=C(N(C(=O)OC(C)(C)C)c1ccccc1I)[Si](C)(C)C. The average Bonchev–Trinajstić information content (AvgIpc) is 2.33. The first-order valence-electron chi connectivity index (χ1n) is 7.15. The summed E-state index contributed by atoms with van der Waals surface area (Å²) < 4.78 is 6.59. The zero-order chi connectivity index (χ0) is 17.1. The van der Waals surface area contributed by atoms with Crippen LogP contribution < -0.4 is 4.90 Å². The molecule has 0 radical (unpaired) electrons. The number of halogens is 1. The Hall–Kier alpha value is -1.04. The molecule has 1 rings (SSSR count). The van der Waals surface area contributed by atoms with E-state index in [9.17, 15) is 4.79 Å². The van der Waals surface area contributed by atoms with E-state index in [0.29, 0.717) is 0 Å². The van der Waals surface area contributed by atoms with Crippen molar-refractivity contribution in [2.75, 3.05) is 4.90 Å². The summed E-state index contributed by atoms with van der Waals surface area (Å²) in [5.41, 5.74) is 3.24. The summed E-state index contributed by atoms with van der Waals surface area (Å²) in [4.78, 5) is 14.4. The number of carbonyl (C=O) groups is 1. The second-order valence-electron chi connectivity index (χ2n) is 7.04. The van der Waals surface area contributed by atoms with Crippen LogP contribution in [0.2, 0.25) is 19.6 Å². The fourth-order valence-electron chi connectivity index (χ4n) is 1.93. The Morgan fingerprint density at radius 3 is 2.23 bits per heavy atom. The number of amides is 1. The van der Waals surface area contributed by atoms with Crippen LogP contribution in [0.5, 0.6) is 0 Å². The molecule has 120 valence electrons. The van der Waals surface area contributed by atoms with Crippen molar-refractivity contribution in [3.05, 3.63) is 45.5 Å². The summed E-state index contributed by atoms with van der Waals surface area (Å²) in [6.45, 7) is 15.9. The molecule has 0 spiro atoms. The molecule has 0 N–H and O–H groups in total. The molecule has 0 saturated heterocycles. The van der Waals surface area contributed by atoms with Crippen LogP contribution in [0.4, 0.5) is 10.5 Å². The van der Waals surface area contributed by atoms with Gasteiger partial charge in [-0.3, -0.25) is 0 Å². The van der Waals surface area contributed by atoms with Crippen LogP contribution in [-0.2, 0) is 4.74 Å². The summed E-state index contributed by atoms with van der Waals surface area (Å²) in [6.07, 6.45) is -0.384. The fraction of sp³-hybridized carbons (Fsp3) is 0.412. The van der Waals surface area contributed by atoms with Crippen molar-refractivity contribution >= 4 is 42.4 Å². The Kier molecular flexibility index (Phi) is 6.07. The van der Waals surface area contributed by atoms with Gasteiger partial charge in [0, 0.05) is 3.57 Å². The molecule has 0 fully saturated rings. The number of hydrogen-bond acceptors (Lipinski definition) is 2. The lowest BCUT2D eigenvalue weighted by atomic mass is 10.2. The Morgan fingerprint density at radius 1 is 1.27 bits per heavy atom. The van der Waals surface area contributed by atoms with Crippen molar-refractivity contribution in [2.45, 2.75) is 46.0 Å². The minimum Gasteiger partial charge on any atom is -0.443 e. The lowest BCUT2D eigenvalue weighted by molar-refractivity contribution is 0.0594. The normalized spacial score (nSPS) is 11.6. The number of hydrogen-bond donors (Lipinski definition) is 0. The zero-order valence-electron chi connectivity index (χ0n) is 14.2. The minimum atomic E-state index is -1.83. The lowest BCUT2D eigenvalue weighted by Gasteiger charge is -2.33. The number of ether oxygens (including phenoxy) is 1. The fourth-order valence-corrected chi connectivity index (χ4v) is 3.97. The van der Waals surface area contributed by atoms with Crippen molar-refractivity contribution in [3.8, 4) is 0 Å². The largest absolute Gasteiger partial charge is 0.443 e. The molecular formula is C17H24INO2Si. The van der Waals surface area contributed by atoms with Gasteiger partial charge in [-0.2, -0.15) is 0 Å². The summed E-state index contributed by atoms with van der Waals surface area (Å²) >= 11 is 2.23. The Morgan fingerprint density at radius 2 is 1.82 bits per heavy atom. The van der Waals surface area contributed by atoms with Gasteiger partial charge in [-0.15, -0.1) is 5.73 Å². The first-order valence-corrected chi connectivity index (χ1v) is 11.7. The van der Waals surface area contributed by atoms with Crippen LogP contribution in [-0.4, -0.2) is 19.8 Å². The standard InChI is InChI=1S/C17H24INO2Si/c1-8-15(22(5,6)7)19(16(20)21-17(2,3)4)14-12-10-9-11-13(14)18/h9-12H,1H2,2-7H3. The van der Waals surface area contributed by atoms with Crippen molar-refractivity contribution in [1.29, 1.82) is 0 Å². The predicted molar refractivity (Wildman–Crippen MR) is 104 cm³/mol. The predicted octanol–water partition coefficient (Wildman–Crippen LogP) is 5.58. The van der Waals surface area contributed by atoms with Gasteiger partial charge in [0.2, 0.25) is 0 Å². The van der Waals surface area contributed by atoms with Crippen molar-refractivity contribution in [3.63, 3.8) is 0 Å². The number of para-hydroxylation sites is 1. The second-order valence-corrected chi connectivity index (χ2v) is 13.2. The molecule has 1 aromatic rings. The summed E-state index contributed by atoms with van der Waals surface area (Å²) in [5, 5.41) is 0.825. The second kappa shape index (κ2) is 7.02. The molecule has 0 saturated carbocycles. The molecule has 0 aromatic heterocycles. The number of nitrogens with zero attached hydrogens (tertiary/aromatic N) is 1. The summed E-state index contributed by atoms with van der Waals surface area (Å²) in [5.74, 6) is 0. The maximum atomic E-state index is 12.8. The molecule has 0 aliphatic rings. The van der Waals surface area contributed by atoms with Crippen molar-refractivity contribution < 1.29 is 9.53 Å². The average molecular weight is 429 g/mol. The van der Waals surface area contributed by atoms with E-state index in [1.807, 2.05) is 45.0 Å². The maximum absolute atomic E-state index is 12.8. The molecule has 5 heteroatoms. The van der Waals surface area contributed by atoms with Crippen LogP contribution in [0, 0.1) is 3.57 Å². The van der Waals surface area contributed by atoms with Crippen LogP contribution in [0.25, 0.3) is 0 Å². The third kappa shape index (κ3) is 5.00. The van der Waals surface area contributed by atoms with Gasteiger partial charge in [-0.1, -0.05) is 38.4 Å². The Bertz CT molecular complexity index is 608. The molecule has 1 amide bonds. The van der Waals surface area contributed by atoms with Crippen LogP contribution in [0.15, 0.2) is 41.9 Å². The van der Waals surface area contributed by atoms with Gasteiger partial charge >= 0.3 is 6.09 Å². The molecule has 0 bridgehead atoms. The number of anilines is 1. The van der Waals surface area contributed by atoms with E-state index < -0.39 is 13.7 Å². The highest BCUT2D eigenvalue weighted by atomic mass is 127. The zero-order valence-corrected chi connectivity index (χ0v) is 17.3. The lowest BCUT2D eigenvalue weighted by Crippen LogP contribution is -2.44. The van der Waals surface area contributed by atoms with Gasteiger partial charge in [0.15, 0.2) is 0 Å². The molecule has 0 heterocycles. The minimum absolute atomic E-state index is 0.384. The quantitative estimate of drug-likeness (QED) is 0.357. The number of rotatable bonds is 3. The molecule has 0 aliphatic carbocycles. The molecule has 3 nitrogen and oxygen atoms in total. The topological polar surface area (TPSA) is 29.5 Å². The highest BCUT2D eigenvalue weighted by molar-refractivity contribution is 14.1. The van der Waals surface area contributed by atoms with Gasteiger partial charge < -0.3 is 4.74 Å². The summed E-state index contributed by atoms with van der Waals surface area (Å²) in [7, 11) is -1.83. The van der Waals surface area contributed by atoms with E-state index in [1.165, 1.54) is 0 Å². The highest BCUT2D eigenvalue weighted by Crippen LogP contribution is 2.31. The monoisotopic (exact) mass is 429 g/mol. The van der Waals surface area contributed by atoms with Crippen LogP contribution >= 0.6 is 22.6 Å². The third-order valence-corrected chi connectivity index (χ3v) is 5.50. The van der Waals surface area contributed by atoms with Gasteiger partial charge in [-0.25, -0.2) is 9.69 Å². The number of carbonyl (C=O) groups excluding carboxylic acids is 1. The Balaban J connectivity index is 3.44. The highest BCUT2D eigenvalue weighted by Gasteiger charge is 2.33. The molecular weight excluding hydrogens is 405 g/mol. The van der Waals surface area contributed by atoms with Crippen molar-refractivity contribution in [2.24, 2.45) is 0 Å². The first-order chi connectivity index (χ1) is 9.97. The molecule has 0 unspecified atom stereocenters. The van der Waals surface area contributed by atoms with Crippen molar-refractivity contribution in [1.82, 2.24) is 0 Å². The van der Waals surface area contributed by atoms with E-state index in [-0.39, 0.29) is 6.09 Å². The first kappa shape index (κ1) is 19.0. The number of benzene rings is 1. The van der Waals surface area contributed by atoms with Gasteiger partial charge in [0.1, 0.15) is 13.7 Å². The van der Waals surface area contributed by atoms with E-state index in [4.69, 9.17) is 4.74 Å². The Labute approximate surface area is 148 Å². The van der Waals surface area contributed by atoms with E-state index >= 15 is 0 Å². The summed E-state index contributed by atoms with van der Waals surface area (Å²) in [6, 6.07) is 7.76. The van der Waals surface area contributed by atoms with Crippen LogP contribution in [0.1, 0.15) is 20.8 Å². The van der Waals surface area contributed by atoms with Gasteiger partial charge in [-0.05, 0) is 55.5 Å². The molecule has 0 atom stereocenters. The maximum Gasteiger partial charge on any atom is 0.419 e. The van der Waals surface area contributed by atoms with Gasteiger partial charge in [0.05, 0.1) is 11.0 Å². The van der Waals surface area contributed by atoms with E-state index in [2.05, 4.69) is 54.5 Å². The van der Waals surface area contributed by atoms with E-state index in [0.717, 1.165) is 14.6 Å². The molecule has 1 aromatic carbocycles. The van der Waals surface area contributed by atoms with Gasteiger partial charge in [0.25, 0.3) is 0 Å². The smallest absolute Gasteiger partial charge is 0.419 e. The molecule has 0 aliphatic heterocycles.